The summed E-state index contributed by atoms with van der Waals surface area (Å²) in [7, 11) is 0. The molecule has 1 aliphatic carbocycles. The molecule has 0 radical (unpaired) electrons. The van der Waals surface area contributed by atoms with Crippen molar-refractivity contribution in [3.8, 4) is 0 Å². The molecule has 0 atom stereocenters. The molecule has 0 unspecified atom stereocenters. The van der Waals surface area contributed by atoms with Crippen molar-refractivity contribution in [2.75, 3.05) is 19.7 Å². The predicted octanol–water partition coefficient (Wildman–Crippen LogP) is 2.09. The highest BCUT2D eigenvalue weighted by atomic mass is 35.5. The van der Waals surface area contributed by atoms with Gasteiger partial charge in [0.05, 0.1) is 22.9 Å². The van der Waals surface area contributed by atoms with Crippen LogP contribution in [0.4, 0.5) is 4.79 Å². The molecule has 2 aliphatic heterocycles. The van der Waals surface area contributed by atoms with Gasteiger partial charge in [0.2, 0.25) is 0 Å². The number of fused-ring (bicyclic) bond motifs is 1. The number of carbonyl (C=O) groups is 2. The minimum atomic E-state index is -0.294. The molecule has 0 saturated carbocycles. The van der Waals surface area contributed by atoms with Crippen LogP contribution >= 0.6 is 11.6 Å². The first-order valence-electron chi connectivity index (χ1n) is 8.48. The number of nitrogens with zero attached hydrogens (tertiary/aromatic N) is 1. The maximum atomic E-state index is 12.6. The van der Waals surface area contributed by atoms with E-state index in [-0.39, 0.29) is 18.0 Å². The summed E-state index contributed by atoms with van der Waals surface area (Å²) in [6.07, 6.45) is 3.70. The quantitative estimate of drug-likeness (QED) is 0.796. The molecule has 3 aliphatic rings. The van der Waals surface area contributed by atoms with E-state index in [4.69, 9.17) is 26.8 Å². The molecule has 0 spiro atoms. The summed E-state index contributed by atoms with van der Waals surface area (Å²) in [4.78, 5) is 26.0. The second kappa shape index (κ2) is 7.39. The van der Waals surface area contributed by atoms with E-state index in [0.717, 1.165) is 5.57 Å². The van der Waals surface area contributed by atoms with E-state index in [9.17, 15) is 9.59 Å². The molecule has 136 valence electrons. The third-order valence-electron chi connectivity index (χ3n) is 4.67. The molecular formula is C17H22ClN3O4. The molecule has 8 heteroatoms. The number of amides is 2. The van der Waals surface area contributed by atoms with Crippen molar-refractivity contribution in [2.24, 2.45) is 5.73 Å². The van der Waals surface area contributed by atoms with E-state index in [2.05, 4.69) is 5.32 Å². The van der Waals surface area contributed by atoms with Gasteiger partial charge in [-0.2, -0.15) is 0 Å². The van der Waals surface area contributed by atoms with Gasteiger partial charge in [-0.1, -0.05) is 11.6 Å². The Kier molecular flexibility index (Phi) is 5.22. The van der Waals surface area contributed by atoms with Gasteiger partial charge >= 0.3 is 6.09 Å². The SMILES string of the molecule is CCOC(=O)N1CCC(NC(=O)C2=C3OC=C(Cl)C(N)=C3CC2)CC1. The topological polar surface area (TPSA) is 93.9 Å². The number of ether oxygens (including phenoxy) is 2. The van der Waals surface area contributed by atoms with Gasteiger partial charge in [0.25, 0.3) is 5.91 Å². The van der Waals surface area contributed by atoms with Gasteiger partial charge in [0.1, 0.15) is 12.0 Å². The third kappa shape index (κ3) is 3.61. The molecule has 25 heavy (non-hydrogen) atoms. The summed E-state index contributed by atoms with van der Waals surface area (Å²) in [5, 5.41) is 3.41. The highest BCUT2D eigenvalue weighted by Gasteiger charge is 2.32. The highest BCUT2D eigenvalue weighted by Crippen LogP contribution is 2.39. The van der Waals surface area contributed by atoms with Gasteiger partial charge in [-0.15, -0.1) is 0 Å². The van der Waals surface area contributed by atoms with Crippen LogP contribution in [0.5, 0.6) is 0 Å². The van der Waals surface area contributed by atoms with Crippen molar-refractivity contribution < 1.29 is 19.1 Å². The van der Waals surface area contributed by atoms with Crippen LogP contribution in [0.25, 0.3) is 0 Å². The van der Waals surface area contributed by atoms with Gasteiger partial charge in [0.15, 0.2) is 0 Å². The molecule has 7 nitrogen and oxygen atoms in total. The molecule has 0 aromatic rings. The maximum Gasteiger partial charge on any atom is 0.409 e. The number of hydrogen-bond acceptors (Lipinski definition) is 5. The van der Waals surface area contributed by atoms with Crippen molar-refractivity contribution in [3.63, 3.8) is 0 Å². The zero-order chi connectivity index (χ0) is 18.0. The number of nitrogens with two attached hydrogens (primary N) is 1. The van der Waals surface area contributed by atoms with Crippen LogP contribution in [-0.4, -0.2) is 42.6 Å². The van der Waals surface area contributed by atoms with Crippen LogP contribution in [-0.2, 0) is 14.3 Å². The fourth-order valence-electron chi connectivity index (χ4n) is 3.29. The zero-order valence-corrected chi connectivity index (χ0v) is 14.9. The number of hydrogen-bond donors (Lipinski definition) is 2. The largest absolute Gasteiger partial charge is 0.462 e. The van der Waals surface area contributed by atoms with Crippen LogP contribution in [0.2, 0.25) is 0 Å². The number of allylic oxidation sites excluding steroid dienone is 2. The van der Waals surface area contributed by atoms with E-state index >= 15 is 0 Å². The van der Waals surface area contributed by atoms with Crippen LogP contribution < -0.4 is 11.1 Å². The van der Waals surface area contributed by atoms with E-state index in [1.807, 2.05) is 0 Å². The minimum Gasteiger partial charge on any atom is -0.462 e. The normalized spacial score (nSPS) is 20.9. The lowest BCUT2D eigenvalue weighted by atomic mass is 10.0. The standard InChI is InChI=1S/C17H22ClN3O4/c1-2-24-17(23)21-7-5-10(6-8-21)20-16(22)12-4-3-11-14(19)13(18)9-25-15(11)12/h9-10H,2-8,19H2,1H3,(H,20,22). The highest BCUT2D eigenvalue weighted by molar-refractivity contribution is 6.32. The van der Waals surface area contributed by atoms with Gasteiger partial charge in [-0.3, -0.25) is 4.79 Å². The number of carbonyl (C=O) groups excluding carboxylic acids is 2. The van der Waals surface area contributed by atoms with E-state index in [1.54, 1.807) is 11.8 Å². The molecule has 0 bridgehead atoms. The van der Waals surface area contributed by atoms with Crippen molar-refractivity contribution in [1.82, 2.24) is 10.2 Å². The lowest BCUT2D eigenvalue weighted by Crippen LogP contribution is -2.47. The van der Waals surface area contributed by atoms with E-state index in [0.29, 0.717) is 67.4 Å². The van der Waals surface area contributed by atoms with Gasteiger partial charge in [0, 0.05) is 24.7 Å². The first-order valence-corrected chi connectivity index (χ1v) is 8.86. The summed E-state index contributed by atoms with van der Waals surface area (Å²) in [5.41, 5.74) is 7.85. The molecule has 0 aromatic heterocycles. The monoisotopic (exact) mass is 367 g/mol. The Morgan fingerprint density at radius 3 is 2.80 bits per heavy atom. The van der Waals surface area contributed by atoms with Crippen molar-refractivity contribution >= 4 is 23.6 Å². The molecule has 1 fully saturated rings. The fourth-order valence-corrected chi connectivity index (χ4v) is 3.45. The number of rotatable bonds is 3. The van der Waals surface area contributed by atoms with Crippen molar-refractivity contribution in [2.45, 2.75) is 38.6 Å². The Labute approximate surface area is 151 Å². The Morgan fingerprint density at radius 2 is 2.12 bits per heavy atom. The Morgan fingerprint density at radius 1 is 1.40 bits per heavy atom. The molecule has 2 amide bonds. The second-order valence-corrected chi connectivity index (χ2v) is 6.62. The summed E-state index contributed by atoms with van der Waals surface area (Å²) < 4.78 is 10.5. The summed E-state index contributed by atoms with van der Waals surface area (Å²) in [6, 6.07) is 0.0272. The van der Waals surface area contributed by atoms with Crippen molar-refractivity contribution in [3.05, 3.63) is 33.9 Å². The second-order valence-electron chi connectivity index (χ2n) is 6.22. The predicted molar refractivity (Wildman–Crippen MR) is 92.3 cm³/mol. The van der Waals surface area contributed by atoms with E-state index < -0.39 is 0 Å². The molecule has 3 N–H and O–H groups in total. The zero-order valence-electron chi connectivity index (χ0n) is 14.1. The summed E-state index contributed by atoms with van der Waals surface area (Å²) >= 11 is 5.97. The number of piperidine rings is 1. The average molecular weight is 368 g/mol. The third-order valence-corrected chi connectivity index (χ3v) is 4.96. The van der Waals surface area contributed by atoms with E-state index in [1.165, 1.54) is 6.26 Å². The lowest BCUT2D eigenvalue weighted by Gasteiger charge is -2.31. The first kappa shape index (κ1) is 17.7. The molecule has 0 aromatic carbocycles. The molecular weight excluding hydrogens is 346 g/mol. The van der Waals surface area contributed by atoms with Crippen LogP contribution in [0.15, 0.2) is 33.9 Å². The van der Waals surface area contributed by atoms with Gasteiger partial charge in [-0.05, 0) is 32.6 Å². The summed E-state index contributed by atoms with van der Waals surface area (Å²) in [6.45, 7) is 3.29. The molecule has 2 heterocycles. The average Bonchev–Trinajstić information content (AvgIpc) is 3.04. The van der Waals surface area contributed by atoms with Crippen molar-refractivity contribution in [1.29, 1.82) is 0 Å². The first-order chi connectivity index (χ1) is 12.0. The minimum absolute atomic E-state index is 0.0272. The van der Waals surface area contributed by atoms with Gasteiger partial charge in [-0.25, -0.2) is 4.79 Å². The number of nitrogens with one attached hydrogen (secondary N) is 1. The number of likely N-dealkylation sites (tertiary alicyclic amines) is 1. The van der Waals surface area contributed by atoms with Gasteiger partial charge < -0.3 is 25.4 Å². The lowest BCUT2D eigenvalue weighted by molar-refractivity contribution is -0.118. The van der Waals surface area contributed by atoms with Crippen LogP contribution in [0.1, 0.15) is 32.6 Å². The van der Waals surface area contributed by atoms with Crippen LogP contribution in [0.3, 0.4) is 0 Å². The Hall–Kier alpha value is -2.15. The van der Waals surface area contributed by atoms with Crippen LogP contribution in [0, 0.1) is 0 Å². The molecule has 1 saturated heterocycles. The number of halogens is 1. The fraction of sp³-hybridized carbons (Fsp3) is 0.529. The Bertz CT molecular complexity index is 675. The smallest absolute Gasteiger partial charge is 0.409 e. The maximum absolute atomic E-state index is 12.6. The summed E-state index contributed by atoms with van der Waals surface area (Å²) in [5.74, 6) is 0.391. The molecule has 3 rings (SSSR count). The Balaban J connectivity index is 1.59.